The third-order valence-corrected chi connectivity index (χ3v) is 8.45. The molecule has 0 fully saturated rings. The molecular formula is C16H20O5P2. The van der Waals surface area contributed by atoms with Gasteiger partial charge in [0, 0.05) is 0 Å². The topological polar surface area (TPSA) is 61.8 Å². The van der Waals surface area contributed by atoms with Gasteiger partial charge in [0.05, 0.1) is 25.5 Å². The number of hydrogen-bond acceptors (Lipinski definition) is 5. The van der Waals surface area contributed by atoms with Crippen LogP contribution in [-0.4, -0.2) is 13.2 Å². The molecule has 0 radical (unpaired) electrons. The van der Waals surface area contributed by atoms with Crippen LogP contribution < -0.4 is 0 Å². The zero-order valence-electron chi connectivity index (χ0n) is 13.2. The Bertz CT molecular complexity index is 817. The van der Waals surface area contributed by atoms with E-state index in [4.69, 9.17) is 13.4 Å². The van der Waals surface area contributed by atoms with Gasteiger partial charge in [-0.3, -0.25) is 9.13 Å². The number of hydrogen-bond donors (Lipinski definition) is 0. The molecule has 1 aliphatic heterocycles. The average molecular weight is 354 g/mol. The van der Waals surface area contributed by atoms with Gasteiger partial charge in [-0.25, -0.2) is 4.31 Å². The number of rotatable bonds is 4. The molecule has 2 bridgehead atoms. The average Bonchev–Trinajstić information content (AvgIpc) is 2.51. The van der Waals surface area contributed by atoms with Crippen LogP contribution in [-0.2, 0) is 34.8 Å². The molecule has 1 aliphatic rings. The highest BCUT2D eigenvalue weighted by atomic mass is 31.3. The summed E-state index contributed by atoms with van der Waals surface area (Å²) in [5, 5.41) is 2.03. The van der Waals surface area contributed by atoms with Crippen molar-refractivity contribution in [2.45, 2.75) is 26.2 Å². The fraction of sp³-hybridized carbons (Fsp3) is 0.375. The first kappa shape index (κ1) is 16.9. The second-order valence-corrected chi connectivity index (χ2v) is 9.67. The Hall–Kier alpha value is -0.960. The van der Waals surface area contributed by atoms with Crippen molar-refractivity contribution >= 4 is 26.0 Å². The summed E-state index contributed by atoms with van der Waals surface area (Å²) in [7, 11) is -7.11. The maximum Gasteiger partial charge on any atom is 0.342 e. The Morgan fingerprint density at radius 2 is 1.70 bits per heavy atom. The highest BCUT2D eigenvalue weighted by Crippen LogP contribution is 2.68. The summed E-state index contributed by atoms with van der Waals surface area (Å²) in [5.41, 5.74) is 1.71. The van der Waals surface area contributed by atoms with E-state index >= 15 is 0 Å². The van der Waals surface area contributed by atoms with Gasteiger partial charge in [-0.05, 0) is 35.7 Å². The molecule has 0 N–H and O–H groups in total. The predicted octanol–water partition coefficient (Wildman–Crippen LogP) is 5.33. The third kappa shape index (κ3) is 3.60. The van der Waals surface area contributed by atoms with Crippen LogP contribution >= 0.6 is 15.2 Å². The largest absolute Gasteiger partial charge is 0.342 e. The van der Waals surface area contributed by atoms with Gasteiger partial charge in [-0.1, -0.05) is 36.4 Å². The van der Waals surface area contributed by atoms with E-state index in [2.05, 4.69) is 0 Å². The van der Waals surface area contributed by atoms with Crippen LogP contribution in [0.4, 0.5) is 0 Å². The molecule has 124 valence electrons. The summed E-state index contributed by atoms with van der Waals surface area (Å²) in [6.07, 6.45) is 0.168. The standard InChI is InChI=1S/C16H20O5P2/c1-3-19-22(17)11-13-8-9-14-6-5-7-15(16(14)10-13)12-23(18,21-22)20-4-2/h5-10H,3-4,11-12H2,1-2H3. The number of benzene rings is 2. The lowest BCUT2D eigenvalue weighted by atomic mass is 10.0. The van der Waals surface area contributed by atoms with E-state index < -0.39 is 15.2 Å². The third-order valence-electron chi connectivity index (χ3n) is 3.68. The minimum absolute atomic E-state index is 0.0820. The van der Waals surface area contributed by atoms with Gasteiger partial charge in [-0.2, -0.15) is 0 Å². The SMILES string of the molecule is CCOP1(=O)Cc2ccc3cccc(c3c2)CP(=O)(OCC)O1. The monoisotopic (exact) mass is 354 g/mol. The summed E-state index contributed by atoms with van der Waals surface area (Å²) in [5.74, 6) is 0. The quantitative estimate of drug-likeness (QED) is 0.695. The molecule has 23 heavy (non-hydrogen) atoms. The van der Waals surface area contributed by atoms with Crippen molar-refractivity contribution in [1.29, 1.82) is 0 Å². The van der Waals surface area contributed by atoms with E-state index in [0.29, 0.717) is 0 Å². The summed E-state index contributed by atoms with van der Waals surface area (Å²) >= 11 is 0. The van der Waals surface area contributed by atoms with Crippen molar-refractivity contribution in [3.8, 4) is 0 Å². The molecule has 0 spiro atoms. The molecule has 0 saturated heterocycles. The van der Waals surface area contributed by atoms with Crippen molar-refractivity contribution < 1.29 is 22.5 Å². The van der Waals surface area contributed by atoms with Gasteiger partial charge in [0.25, 0.3) is 0 Å². The molecular weight excluding hydrogens is 334 g/mol. The lowest BCUT2D eigenvalue weighted by Gasteiger charge is -2.23. The van der Waals surface area contributed by atoms with E-state index in [0.717, 1.165) is 21.9 Å². The van der Waals surface area contributed by atoms with Crippen molar-refractivity contribution in [3.63, 3.8) is 0 Å². The minimum Gasteiger partial charge on any atom is -0.308 e. The molecule has 0 amide bonds. The van der Waals surface area contributed by atoms with Crippen LogP contribution in [0.15, 0.2) is 36.4 Å². The Morgan fingerprint density at radius 3 is 2.39 bits per heavy atom. The second-order valence-electron chi connectivity index (χ2n) is 5.43. The molecule has 0 saturated carbocycles. The van der Waals surface area contributed by atoms with Crippen LogP contribution in [0.2, 0.25) is 0 Å². The fourth-order valence-corrected chi connectivity index (χ4v) is 7.49. The van der Waals surface area contributed by atoms with E-state index in [1.54, 1.807) is 13.8 Å². The molecule has 5 nitrogen and oxygen atoms in total. The fourth-order valence-electron chi connectivity index (χ4n) is 2.83. The molecule has 2 unspecified atom stereocenters. The summed E-state index contributed by atoms with van der Waals surface area (Å²) < 4.78 is 42.4. The van der Waals surface area contributed by atoms with Gasteiger partial charge in [0.15, 0.2) is 0 Å². The molecule has 0 aliphatic carbocycles. The Labute approximate surface area is 136 Å². The molecule has 7 heteroatoms. The predicted molar refractivity (Wildman–Crippen MR) is 90.9 cm³/mol. The summed E-state index contributed by atoms with van der Waals surface area (Å²) in [4.78, 5) is 0. The van der Waals surface area contributed by atoms with E-state index in [-0.39, 0.29) is 25.5 Å². The Balaban J connectivity index is 2.17. The van der Waals surface area contributed by atoms with Gasteiger partial charge < -0.3 is 9.05 Å². The van der Waals surface area contributed by atoms with Gasteiger partial charge in [0.1, 0.15) is 0 Å². The van der Waals surface area contributed by atoms with Gasteiger partial charge in [0.2, 0.25) is 0 Å². The van der Waals surface area contributed by atoms with E-state index in [9.17, 15) is 9.13 Å². The first-order chi connectivity index (χ1) is 11.0. The Morgan fingerprint density at radius 1 is 1.00 bits per heavy atom. The first-order valence-electron chi connectivity index (χ1n) is 7.66. The molecule has 2 aromatic rings. The summed E-state index contributed by atoms with van der Waals surface area (Å²) in [6, 6.07) is 11.7. The van der Waals surface area contributed by atoms with E-state index in [1.807, 2.05) is 36.4 Å². The second kappa shape index (κ2) is 6.51. The molecule has 2 atom stereocenters. The molecule has 0 aromatic heterocycles. The van der Waals surface area contributed by atoms with Gasteiger partial charge in [-0.15, -0.1) is 0 Å². The van der Waals surface area contributed by atoms with Crippen LogP contribution in [0.25, 0.3) is 10.8 Å². The van der Waals surface area contributed by atoms with Crippen molar-refractivity contribution in [2.24, 2.45) is 0 Å². The highest BCUT2D eigenvalue weighted by Gasteiger charge is 2.38. The van der Waals surface area contributed by atoms with Gasteiger partial charge >= 0.3 is 15.2 Å². The highest BCUT2D eigenvalue weighted by molar-refractivity contribution is 7.66. The number of fused-ring (bicyclic) bond motifs is 1. The van der Waals surface area contributed by atoms with Crippen molar-refractivity contribution in [1.82, 2.24) is 0 Å². The molecule has 2 aromatic carbocycles. The zero-order chi connectivity index (χ0) is 16.5. The lowest BCUT2D eigenvalue weighted by molar-refractivity contribution is 0.237. The maximum absolute atomic E-state index is 13.1. The van der Waals surface area contributed by atoms with Crippen molar-refractivity contribution in [2.75, 3.05) is 13.2 Å². The van der Waals surface area contributed by atoms with Crippen molar-refractivity contribution in [3.05, 3.63) is 47.5 Å². The van der Waals surface area contributed by atoms with E-state index in [1.165, 1.54) is 0 Å². The first-order valence-corrected chi connectivity index (χ1v) is 11.1. The molecule has 3 rings (SSSR count). The van der Waals surface area contributed by atoms with Crippen LogP contribution in [0.5, 0.6) is 0 Å². The summed E-state index contributed by atoms with van der Waals surface area (Å²) in [6.45, 7) is 3.91. The minimum atomic E-state index is -3.56. The lowest BCUT2D eigenvalue weighted by Crippen LogP contribution is -2.01. The van der Waals surface area contributed by atoms with Crippen LogP contribution in [0.3, 0.4) is 0 Å². The zero-order valence-corrected chi connectivity index (χ0v) is 15.0. The van der Waals surface area contributed by atoms with Crippen LogP contribution in [0.1, 0.15) is 25.0 Å². The normalized spacial score (nSPS) is 27.6. The smallest absolute Gasteiger partial charge is 0.308 e. The maximum atomic E-state index is 13.1. The van der Waals surface area contributed by atoms with Crippen LogP contribution in [0, 0.1) is 0 Å². The Kier molecular flexibility index (Phi) is 4.78. The molecule has 1 heterocycles.